The van der Waals surface area contributed by atoms with E-state index < -0.39 is 5.97 Å². The fourth-order valence-corrected chi connectivity index (χ4v) is 3.60. The highest BCUT2D eigenvalue weighted by molar-refractivity contribution is 5.66. The lowest BCUT2D eigenvalue weighted by atomic mass is 9.79. The summed E-state index contributed by atoms with van der Waals surface area (Å²) in [4.78, 5) is 10.5. The largest absolute Gasteiger partial charge is 0.481 e. The predicted molar refractivity (Wildman–Crippen MR) is 93.6 cm³/mol. The summed E-state index contributed by atoms with van der Waals surface area (Å²) in [5, 5.41) is 8.64. The molecule has 0 aliphatic carbocycles. The van der Waals surface area contributed by atoms with Crippen LogP contribution in [0.2, 0.25) is 0 Å². The maximum atomic E-state index is 10.5. The Bertz CT molecular complexity index is 474. The van der Waals surface area contributed by atoms with Crippen molar-refractivity contribution in [3.05, 3.63) is 12.2 Å². The molecule has 0 saturated carbocycles. The van der Waals surface area contributed by atoms with E-state index in [0.29, 0.717) is 30.7 Å². The Kier molecular flexibility index (Phi) is 8.35. The maximum Gasteiger partial charge on any atom is 0.303 e. The van der Waals surface area contributed by atoms with E-state index in [2.05, 4.69) is 30.9 Å². The maximum absolute atomic E-state index is 10.5. The molecule has 0 aromatic rings. The van der Waals surface area contributed by atoms with Gasteiger partial charge in [0, 0.05) is 24.7 Å². The number of allylic oxidation sites excluding steroid dienone is 1. The van der Waals surface area contributed by atoms with Gasteiger partial charge >= 0.3 is 5.97 Å². The minimum atomic E-state index is -0.709. The van der Waals surface area contributed by atoms with Crippen molar-refractivity contribution in [3.63, 3.8) is 0 Å². The van der Waals surface area contributed by atoms with E-state index in [0.717, 1.165) is 51.6 Å². The number of ether oxygens (including phenoxy) is 2. The molecule has 4 atom stereocenters. The first-order valence-corrected chi connectivity index (χ1v) is 9.29. The Labute approximate surface area is 145 Å². The van der Waals surface area contributed by atoms with Gasteiger partial charge in [0.1, 0.15) is 6.61 Å². The van der Waals surface area contributed by atoms with E-state index in [4.69, 9.17) is 14.6 Å². The summed E-state index contributed by atoms with van der Waals surface area (Å²) >= 11 is 0. The van der Waals surface area contributed by atoms with E-state index in [9.17, 15) is 4.79 Å². The third-order valence-corrected chi connectivity index (χ3v) is 4.84. The zero-order valence-electron chi connectivity index (χ0n) is 14.7. The standard InChI is InChI=1S/C20H30O4/c1-2-3-4-9-14-23-15-17-16(18-12-13-19(17)24-18)10-7-5-6-8-11-20(21)22/h7,10,16-19H,2-3,5-6,8,11-15H2,1H3,(H,21,22)/b10-7-/t16-,17+,18-,19+/m1/s1. The zero-order valence-corrected chi connectivity index (χ0v) is 14.7. The first kappa shape index (κ1) is 19.0. The van der Waals surface area contributed by atoms with Gasteiger partial charge in [-0.3, -0.25) is 4.79 Å². The third kappa shape index (κ3) is 5.96. The molecule has 2 bridgehead atoms. The summed E-state index contributed by atoms with van der Waals surface area (Å²) in [5.74, 6) is 6.34. The Morgan fingerprint density at radius 1 is 1.29 bits per heavy atom. The molecular weight excluding hydrogens is 304 g/mol. The molecule has 2 heterocycles. The monoisotopic (exact) mass is 334 g/mol. The van der Waals surface area contributed by atoms with Crippen molar-refractivity contribution < 1.29 is 19.4 Å². The average molecular weight is 334 g/mol. The van der Waals surface area contributed by atoms with Crippen LogP contribution in [-0.4, -0.2) is 36.5 Å². The van der Waals surface area contributed by atoms with Gasteiger partial charge in [0.15, 0.2) is 0 Å². The highest BCUT2D eigenvalue weighted by atomic mass is 16.5. The Morgan fingerprint density at radius 2 is 2.12 bits per heavy atom. The predicted octanol–water partition coefficient (Wildman–Crippen LogP) is 3.80. The number of hydrogen-bond acceptors (Lipinski definition) is 3. The van der Waals surface area contributed by atoms with E-state index in [1.807, 2.05) is 0 Å². The van der Waals surface area contributed by atoms with Crippen LogP contribution in [-0.2, 0) is 14.3 Å². The summed E-state index contributed by atoms with van der Waals surface area (Å²) in [6.45, 7) is 3.36. The summed E-state index contributed by atoms with van der Waals surface area (Å²) in [6, 6.07) is 0. The molecule has 0 radical (unpaired) electrons. The lowest BCUT2D eigenvalue weighted by molar-refractivity contribution is -0.137. The first-order valence-electron chi connectivity index (χ1n) is 9.29. The van der Waals surface area contributed by atoms with E-state index in [-0.39, 0.29) is 6.42 Å². The van der Waals surface area contributed by atoms with Gasteiger partial charge in [-0.2, -0.15) is 0 Å². The van der Waals surface area contributed by atoms with Crippen LogP contribution in [0.25, 0.3) is 0 Å². The molecule has 2 saturated heterocycles. The Morgan fingerprint density at radius 3 is 2.92 bits per heavy atom. The third-order valence-electron chi connectivity index (χ3n) is 4.84. The van der Waals surface area contributed by atoms with Crippen LogP contribution in [0.5, 0.6) is 0 Å². The van der Waals surface area contributed by atoms with Crippen LogP contribution in [0.4, 0.5) is 0 Å². The molecule has 0 unspecified atom stereocenters. The first-order chi connectivity index (χ1) is 11.7. The molecule has 24 heavy (non-hydrogen) atoms. The fourth-order valence-electron chi connectivity index (χ4n) is 3.60. The minimum absolute atomic E-state index is 0.264. The number of unbranched alkanes of at least 4 members (excludes halogenated alkanes) is 3. The molecule has 134 valence electrons. The van der Waals surface area contributed by atoms with Gasteiger partial charge in [0.25, 0.3) is 0 Å². The molecule has 2 aliphatic heterocycles. The van der Waals surface area contributed by atoms with Crippen molar-refractivity contribution in [3.8, 4) is 11.8 Å². The van der Waals surface area contributed by atoms with Crippen LogP contribution in [0, 0.1) is 23.7 Å². The van der Waals surface area contributed by atoms with Gasteiger partial charge in [0.2, 0.25) is 0 Å². The second-order valence-corrected chi connectivity index (χ2v) is 6.72. The zero-order chi connectivity index (χ0) is 17.2. The molecule has 0 amide bonds. The number of fused-ring (bicyclic) bond motifs is 2. The number of hydrogen-bond donors (Lipinski definition) is 1. The molecule has 2 fully saturated rings. The number of carboxylic acid groups (broad SMARTS) is 1. The highest BCUT2D eigenvalue weighted by Gasteiger charge is 2.47. The molecule has 0 aromatic carbocycles. The molecule has 1 N–H and O–H groups in total. The van der Waals surface area contributed by atoms with Crippen molar-refractivity contribution >= 4 is 5.97 Å². The fraction of sp³-hybridized carbons (Fsp3) is 0.750. The summed E-state index contributed by atoms with van der Waals surface area (Å²) in [5.41, 5.74) is 0. The van der Waals surface area contributed by atoms with E-state index in [1.54, 1.807) is 0 Å². The summed E-state index contributed by atoms with van der Waals surface area (Å²) < 4.78 is 11.8. The topological polar surface area (TPSA) is 55.8 Å². The quantitative estimate of drug-likeness (QED) is 0.375. The normalized spacial score (nSPS) is 28.2. The number of rotatable bonds is 10. The lowest BCUT2D eigenvalue weighted by Gasteiger charge is -2.25. The van der Waals surface area contributed by atoms with Crippen molar-refractivity contribution in [1.29, 1.82) is 0 Å². The number of carbonyl (C=O) groups is 1. The van der Waals surface area contributed by atoms with Crippen molar-refractivity contribution in [2.75, 3.05) is 13.2 Å². The van der Waals surface area contributed by atoms with Crippen LogP contribution >= 0.6 is 0 Å². The molecular formula is C20H30O4. The summed E-state index contributed by atoms with van der Waals surface area (Å²) in [6.07, 6.45) is 12.3. The Hall–Kier alpha value is -1.31. The van der Waals surface area contributed by atoms with Gasteiger partial charge in [-0.05, 0) is 38.5 Å². The van der Waals surface area contributed by atoms with Crippen LogP contribution in [0.1, 0.15) is 58.3 Å². The highest BCUT2D eigenvalue weighted by Crippen LogP contribution is 2.44. The minimum Gasteiger partial charge on any atom is -0.481 e. The van der Waals surface area contributed by atoms with Gasteiger partial charge in [-0.25, -0.2) is 0 Å². The summed E-state index contributed by atoms with van der Waals surface area (Å²) in [7, 11) is 0. The molecule has 4 nitrogen and oxygen atoms in total. The second-order valence-electron chi connectivity index (χ2n) is 6.72. The second kappa shape index (κ2) is 10.5. The SMILES string of the molecule is CCCC#CCOC[C@H]1[C@@H](/C=C\CCCCC(=O)O)[C@H]2CC[C@@H]1O2. The molecule has 4 heteroatoms. The average Bonchev–Trinajstić information content (AvgIpc) is 3.15. The smallest absolute Gasteiger partial charge is 0.303 e. The van der Waals surface area contributed by atoms with Crippen molar-refractivity contribution in [2.45, 2.75) is 70.5 Å². The number of aliphatic carboxylic acids is 1. The van der Waals surface area contributed by atoms with Crippen molar-refractivity contribution in [2.24, 2.45) is 11.8 Å². The molecule has 0 aromatic heterocycles. The number of carboxylic acids is 1. The van der Waals surface area contributed by atoms with Crippen molar-refractivity contribution in [1.82, 2.24) is 0 Å². The van der Waals surface area contributed by atoms with Gasteiger partial charge in [0.05, 0.1) is 18.8 Å². The van der Waals surface area contributed by atoms with E-state index in [1.165, 1.54) is 0 Å². The van der Waals surface area contributed by atoms with Crippen LogP contribution < -0.4 is 0 Å². The van der Waals surface area contributed by atoms with Crippen LogP contribution in [0.3, 0.4) is 0 Å². The van der Waals surface area contributed by atoms with Gasteiger partial charge < -0.3 is 14.6 Å². The molecule has 2 rings (SSSR count). The molecule has 0 spiro atoms. The van der Waals surface area contributed by atoms with E-state index >= 15 is 0 Å². The van der Waals surface area contributed by atoms with Crippen LogP contribution in [0.15, 0.2) is 12.2 Å². The molecule has 2 aliphatic rings. The van der Waals surface area contributed by atoms with Gasteiger partial charge in [-0.15, -0.1) is 5.92 Å². The van der Waals surface area contributed by atoms with Gasteiger partial charge in [-0.1, -0.05) is 25.0 Å². The lowest BCUT2D eigenvalue weighted by Crippen LogP contribution is -2.29. The Balaban J connectivity index is 1.71.